The largest absolute Gasteiger partial charge is 0.339 e. The number of urea groups is 1. The number of hydrogen-bond donors (Lipinski definition) is 1. The Bertz CT molecular complexity index is 382. The number of halogens is 1. The van der Waals surface area contributed by atoms with Crippen LogP contribution in [-0.2, 0) is 4.79 Å². The maximum absolute atomic E-state index is 12.5. The van der Waals surface area contributed by atoms with E-state index in [1.165, 1.54) is 0 Å². The summed E-state index contributed by atoms with van der Waals surface area (Å²) in [6.07, 6.45) is 2.92. The Morgan fingerprint density at radius 1 is 1.05 bits per heavy atom. The van der Waals surface area contributed by atoms with E-state index in [0.29, 0.717) is 26.2 Å². The first-order chi connectivity index (χ1) is 10.1. The second-order valence-corrected chi connectivity index (χ2v) is 5.97. The van der Waals surface area contributed by atoms with Crippen LogP contribution in [0.25, 0.3) is 0 Å². The summed E-state index contributed by atoms with van der Waals surface area (Å²) in [5.41, 5.74) is 6.02. The van der Waals surface area contributed by atoms with Gasteiger partial charge in [0, 0.05) is 45.3 Å². The van der Waals surface area contributed by atoms with Gasteiger partial charge in [-0.25, -0.2) is 4.79 Å². The molecule has 3 amide bonds. The molecule has 2 atom stereocenters. The predicted octanol–water partition coefficient (Wildman–Crippen LogP) is 1.14. The van der Waals surface area contributed by atoms with Crippen molar-refractivity contribution in [3.05, 3.63) is 0 Å². The standard InChI is InChI=1S/C15H28N4O2.ClH/c1-3-17(4-2)15(21)19-10-8-18(9-11-19)14(20)12-6-5-7-13(12)16;/h12-13H,3-11,16H2,1-2H3;1H. The molecule has 22 heavy (non-hydrogen) atoms. The molecule has 7 heteroatoms. The van der Waals surface area contributed by atoms with Gasteiger partial charge in [0.25, 0.3) is 0 Å². The summed E-state index contributed by atoms with van der Waals surface area (Å²) in [5.74, 6) is 0.185. The van der Waals surface area contributed by atoms with Crippen molar-refractivity contribution >= 4 is 24.3 Å². The molecular weight excluding hydrogens is 304 g/mol. The van der Waals surface area contributed by atoms with E-state index in [1.807, 2.05) is 28.5 Å². The van der Waals surface area contributed by atoms with Gasteiger partial charge in [-0.1, -0.05) is 6.42 Å². The summed E-state index contributed by atoms with van der Waals surface area (Å²) in [5, 5.41) is 0. The molecular formula is C15H29ClN4O2. The Hall–Kier alpha value is -1.01. The summed E-state index contributed by atoms with van der Waals surface area (Å²) in [6, 6.07) is 0.109. The number of nitrogens with two attached hydrogens (primary N) is 1. The molecule has 2 fully saturated rings. The molecule has 0 aromatic rings. The van der Waals surface area contributed by atoms with Gasteiger partial charge < -0.3 is 20.4 Å². The molecule has 1 heterocycles. The molecule has 1 aliphatic carbocycles. The summed E-state index contributed by atoms with van der Waals surface area (Å²) in [7, 11) is 0. The zero-order valence-electron chi connectivity index (χ0n) is 13.7. The Morgan fingerprint density at radius 3 is 2.05 bits per heavy atom. The van der Waals surface area contributed by atoms with Crippen LogP contribution in [-0.4, -0.2) is 71.9 Å². The third-order valence-corrected chi connectivity index (χ3v) is 4.78. The number of hydrogen-bond acceptors (Lipinski definition) is 3. The topological polar surface area (TPSA) is 69.9 Å². The van der Waals surface area contributed by atoms with E-state index in [9.17, 15) is 9.59 Å². The van der Waals surface area contributed by atoms with Gasteiger partial charge in [0.15, 0.2) is 0 Å². The first-order valence-electron chi connectivity index (χ1n) is 8.16. The van der Waals surface area contributed by atoms with Crippen LogP contribution >= 0.6 is 12.4 Å². The number of carbonyl (C=O) groups is 2. The van der Waals surface area contributed by atoms with Gasteiger partial charge in [-0.15, -0.1) is 12.4 Å². The van der Waals surface area contributed by atoms with Gasteiger partial charge in [-0.3, -0.25) is 4.79 Å². The Labute approximate surface area is 139 Å². The molecule has 0 bridgehead atoms. The quantitative estimate of drug-likeness (QED) is 0.842. The third kappa shape index (κ3) is 4.04. The van der Waals surface area contributed by atoms with Crippen LogP contribution in [0, 0.1) is 5.92 Å². The van der Waals surface area contributed by atoms with Crippen molar-refractivity contribution in [2.75, 3.05) is 39.3 Å². The Balaban J connectivity index is 0.00000242. The Morgan fingerprint density at radius 2 is 1.59 bits per heavy atom. The van der Waals surface area contributed by atoms with E-state index in [4.69, 9.17) is 5.73 Å². The van der Waals surface area contributed by atoms with Crippen molar-refractivity contribution in [3.8, 4) is 0 Å². The minimum atomic E-state index is -0.00460. The fourth-order valence-electron chi connectivity index (χ4n) is 3.34. The summed E-state index contributed by atoms with van der Waals surface area (Å²) >= 11 is 0. The van der Waals surface area contributed by atoms with Crippen molar-refractivity contribution in [1.82, 2.24) is 14.7 Å². The molecule has 2 aliphatic rings. The van der Waals surface area contributed by atoms with Crippen LogP contribution in [0.1, 0.15) is 33.1 Å². The lowest BCUT2D eigenvalue weighted by atomic mass is 10.0. The number of amides is 3. The average Bonchev–Trinajstić information content (AvgIpc) is 2.94. The molecule has 2 unspecified atom stereocenters. The van der Waals surface area contributed by atoms with E-state index < -0.39 is 0 Å². The minimum Gasteiger partial charge on any atom is -0.339 e. The first kappa shape index (κ1) is 19.0. The molecule has 0 spiro atoms. The fourth-order valence-corrected chi connectivity index (χ4v) is 3.34. The van der Waals surface area contributed by atoms with Crippen LogP contribution < -0.4 is 5.73 Å². The number of piperazine rings is 1. The Kier molecular flexibility index (Phi) is 7.42. The van der Waals surface area contributed by atoms with Crippen molar-refractivity contribution in [1.29, 1.82) is 0 Å². The van der Waals surface area contributed by atoms with E-state index in [1.54, 1.807) is 0 Å². The van der Waals surface area contributed by atoms with E-state index in [0.717, 1.165) is 32.4 Å². The zero-order chi connectivity index (χ0) is 15.4. The van der Waals surface area contributed by atoms with Crippen LogP contribution in [0.5, 0.6) is 0 Å². The molecule has 1 saturated carbocycles. The van der Waals surface area contributed by atoms with Gasteiger partial charge >= 0.3 is 6.03 Å². The van der Waals surface area contributed by atoms with Gasteiger partial charge in [-0.2, -0.15) is 0 Å². The van der Waals surface area contributed by atoms with Gasteiger partial charge in [0.1, 0.15) is 0 Å². The summed E-state index contributed by atoms with van der Waals surface area (Å²) in [6.45, 7) is 7.96. The normalized spacial score (nSPS) is 24.9. The summed E-state index contributed by atoms with van der Waals surface area (Å²) < 4.78 is 0. The van der Waals surface area contributed by atoms with Crippen LogP contribution in [0.15, 0.2) is 0 Å². The van der Waals surface area contributed by atoms with Crippen molar-refractivity contribution < 1.29 is 9.59 Å². The summed E-state index contributed by atoms with van der Waals surface area (Å²) in [4.78, 5) is 30.3. The molecule has 2 N–H and O–H groups in total. The highest BCUT2D eigenvalue weighted by atomic mass is 35.5. The maximum Gasteiger partial charge on any atom is 0.320 e. The molecule has 0 aromatic heterocycles. The van der Waals surface area contributed by atoms with Crippen molar-refractivity contribution in [2.24, 2.45) is 11.7 Å². The molecule has 6 nitrogen and oxygen atoms in total. The monoisotopic (exact) mass is 332 g/mol. The molecule has 0 radical (unpaired) electrons. The van der Waals surface area contributed by atoms with Crippen LogP contribution in [0.4, 0.5) is 4.79 Å². The fraction of sp³-hybridized carbons (Fsp3) is 0.867. The lowest BCUT2D eigenvalue weighted by Crippen LogP contribution is -2.55. The van der Waals surface area contributed by atoms with Gasteiger partial charge in [-0.05, 0) is 26.7 Å². The molecule has 1 aliphatic heterocycles. The van der Waals surface area contributed by atoms with Crippen LogP contribution in [0.3, 0.4) is 0 Å². The SMILES string of the molecule is CCN(CC)C(=O)N1CCN(C(=O)C2CCCC2N)CC1.Cl. The smallest absolute Gasteiger partial charge is 0.320 e. The minimum absolute atomic E-state index is 0. The van der Waals surface area contributed by atoms with Crippen LogP contribution in [0.2, 0.25) is 0 Å². The molecule has 2 rings (SSSR count). The number of nitrogens with zero attached hydrogens (tertiary/aromatic N) is 3. The predicted molar refractivity (Wildman–Crippen MR) is 89.0 cm³/mol. The highest BCUT2D eigenvalue weighted by molar-refractivity contribution is 5.85. The highest BCUT2D eigenvalue weighted by Crippen LogP contribution is 2.26. The number of rotatable bonds is 3. The second kappa shape index (κ2) is 8.58. The van der Waals surface area contributed by atoms with Crippen molar-refractivity contribution in [3.63, 3.8) is 0 Å². The van der Waals surface area contributed by atoms with Crippen molar-refractivity contribution in [2.45, 2.75) is 39.2 Å². The van der Waals surface area contributed by atoms with Gasteiger partial charge in [0.05, 0.1) is 5.92 Å². The zero-order valence-corrected chi connectivity index (χ0v) is 14.5. The average molecular weight is 333 g/mol. The lowest BCUT2D eigenvalue weighted by Gasteiger charge is -2.38. The van der Waals surface area contributed by atoms with E-state index >= 15 is 0 Å². The van der Waals surface area contributed by atoms with Gasteiger partial charge in [0.2, 0.25) is 5.91 Å². The highest BCUT2D eigenvalue weighted by Gasteiger charge is 2.35. The second-order valence-electron chi connectivity index (χ2n) is 5.97. The molecule has 128 valence electrons. The molecule has 0 aromatic carbocycles. The lowest BCUT2D eigenvalue weighted by molar-refractivity contribution is -0.137. The number of carbonyl (C=O) groups excluding carboxylic acids is 2. The maximum atomic E-state index is 12.5. The first-order valence-corrected chi connectivity index (χ1v) is 8.16. The van der Waals surface area contributed by atoms with E-state index in [2.05, 4.69) is 0 Å². The molecule has 1 saturated heterocycles. The van der Waals surface area contributed by atoms with E-state index in [-0.39, 0.29) is 36.3 Å². The third-order valence-electron chi connectivity index (χ3n) is 4.78.